The minimum absolute atomic E-state index is 0.164. The number of amides is 2. The van der Waals surface area contributed by atoms with Crippen LogP contribution in [0.1, 0.15) is 31.9 Å². The Hall–Kier alpha value is -1.97. The molecule has 1 aliphatic rings. The molecule has 0 atom stereocenters. The molecule has 1 saturated heterocycles. The van der Waals surface area contributed by atoms with Crippen LogP contribution in [0.3, 0.4) is 0 Å². The maximum absolute atomic E-state index is 12.5. The molecule has 0 spiro atoms. The second kappa shape index (κ2) is 9.89. The fraction of sp³-hybridized carbons (Fsp3) is 0.429. The Morgan fingerprint density at radius 1 is 1.17 bits per heavy atom. The number of benzene rings is 1. The first-order valence-corrected chi connectivity index (χ1v) is 12.4. The second-order valence-corrected chi connectivity index (χ2v) is 10.5. The summed E-state index contributed by atoms with van der Waals surface area (Å²) in [4.78, 5) is 17.0. The summed E-state index contributed by atoms with van der Waals surface area (Å²) in [5.41, 5.74) is 1.17. The molecule has 2 heterocycles. The van der Waals surface area contributed by atoms with Crippen molar-refractivity contribution < 1.29 is 13.2 Å². The van der Waals surface area contributed by atoms with Crippen LogP contribution in [0.2, 0.25) is 0 Å². The fourth-order valence-electron chi connectivity index (χ4n) is 3.74. The van der Waals surface area contributed by atoms with Gasteiger partial charge in [-0.3, -0.25) is 4.98 Å². The van der Waals surface area contributed by atoms with Crippen LogP contribution in [0.4, 0.5) is 10.5 Å². The van der Waals surface area contributed by atoms with Crippen molar-refractivity contribution in [2.24, 2.45) is 0 Å². The lowest BCUT2D eigenvalue weighted by atomic mass is 9.75. The number of carbonyl (C=O) groups is 1. The molecule has 30 heavy (non-hydrogen) atoms. The van der Waals surface area contributed by atoms with Crippen molar-refractivity contribution in [3.63, 3.8) is 0 Å². The van der Waals surface area contributed by atoms with Gasteiger partial charge in [-0.2, -0.15) is 0 Å². The predicted molar refractivity (Wildman–Crippen MR) is 122 cm³/mol. The monoisotopic (exact) mass is 494 g/mol. The van der Waals surface area contributed by atoms with Crippen molar-refractivity contribution >= 4 is 37.7 Å². The molecule has 2 aromatic rings. The molecule has 1 fully saturated rings. The second-order valence-electron chi connectivity index (χ2n) is 7.52. The average molecular weight is 495 g/mol. The molecule has 7 nitrogen and oxygen atoms in total. The third-order valence-electron chi connectivity index (χ3n) is 5.43. The number of carbonyl (C=O) groups excluding carboxylic acids is 1. The van der Waals surface area contributed by atoms with E-state index in [4.69, 9.17) is 0 Å². The summed E-state index contributed by atoms with van der Waals surface area (Å²) >= 11 is 3.37. The molecule has 162 valence electrons. The number of piperidine rings is 1. The molecule has 1 aliphatic heterocycles. The van der Waals surface area contributed by atoms with Crippen molar-refractivity contribution in [3.8, 4) is 0 Å². The average Bonchev–Trinajstić information content (AvgIpc) is 2.75. The van der Waals surface area contributed by atoms with Gasteiger partial charge in [0.1, 0.15) is 0 Å². The summed E-state index contributed by atoms with van der Waals surface area (Å²) in [5.74, 6) is 0.164. The molecule has 0 bridgehead atoms. The van der Waals surface area contributed by atoms with Crippen molar-refractivity contribution in [2.45, 2.75) is 31.6 Å². The Morgan fingerprint density at radius 3 is 2.47 bits per heavy atom. The van der Waals surface area contributed by atoms with E-state index < -0.39 is 15.4 Å². The molecule has 3 rings (SSSR count). The van der Waals surface area contributed by atoms with Crippen LogP contribution in [0, 0.1) is 0 Å². The van der Waals surface area contributed by atoms with Crippen LogP contribution in [-0.4, -0.2) is 49.1 Å². The van der Waals surface area contributed by atoms with Gasteiger partial charge in [-0.05, 0) is 55.7 Å². The number of nitrogens with zero attached hydrogens (tertiary/aromatic N) is 2. The zero-order valence-corrected chi connectivity index (χ0v) is 19.4. The molecule has 2 N–H and O–H groups in total. The first-order chi connectivity index (χ1) is 14.3. The third-order valence-corrected chi connectivity index (χ3v) is 8.04. The van der Waals surface area contributed by atoms with Gasteiger partial charge in [0.05, 0.1) is 5.75 Å². The normalized spacial score (nSPS) is 16.7. The maximum Gasteiger partial charge on any atom is 0.319 e. The summed E-state index contributed by atoms with van der Waals surface area (Å²) < 4.78 is 27.4. The van der Waals surface area contributed by atoms with E-state index in [0.717, 1.165) is 10.2 Å². The van der Waals surface area contributed by atoms with E-state index in [9.17, 15) is 13.2 Å². The molecular formula is C21H27BrN4O3S. The highest BCUT2D eigenvalue weighted by atomic mass is 79.9. The standard InChI is InChI=1S/C21H27BrN4O3S/c1-2-15-30(28,29)26-13-10-21(11-14-26,19-5-3-4-12-23-19)16-24-20(27)25-18-8-6-17(22)7-9-18/h3-9,12H,2,10-11,13-16H2,1H3,(H2,24,25,27). The highest BCUT2D eigenvalue weighted by Crippen LogP contribution is 2.35. The Labute approximate surface area is 186 Å². The number of sulfonamides is 1. The van der Waals surface area contributed by atoms with Gasteiger partial charge in [0, 0.05) is 47.1 Å². The predicted octanol–water partition coefficient (Wildman–Crippen LogP) is 3.74. The van der Waals surface area contributed by atoms with Gasteiger partial charge in [0.15, 0.2) is 0 Å². The maximum atomic E-state index is 12.5. The van der Waals surface area contributed by atoms with Gasteiger partial charge in [0.25, 0.3) is 0 Å². The topological polar surface area (TPSA) is 91.4 Å². The molecule has 9 heteroatoms. The van der Waals surface area contributed by atoms with Crippen LogP contribution in [0.25, 0.3) is 0 Å². The molecule has 2 amide bonds. The fourth-order valence-corrected chi connectivity index (χ4v) is 5.51. The number of hydrogen-bond donors (Lipinski definition) is 2. The summed E-state index contributed by atoms with van der Waals surface area (Å²) in [6.07, 6.45) is 3.54. The Bertz CT molecular complexity index is 944. The number of urea groups is 1. The summed E-state index contributed by atoms with van der Waals surface area (Å²) in [7, 11) is -3.23. The quantitative estimate of drug-likeness (QED) is 0.613. The van der Waals surface area contributed by atoms with E-state index in [1.54, 1.807) is 10.5 Å². The van der Waals surface area contributed by atoms with Crippen LogP contribution in [0.5, 0.6) is 0 Å². The van der Waals surface area contributed by atoms with Gasteiger partial charge < -0.3 is 10.6 Å². The van der Waals surface area contributed by atoms with E-state index in [-0.39, 0.29) is 11.8 Å². The summed E-state index contributed by atoms with van der Waals surface area (Å²) in [6.45, 7) is 3.10. The number of hydrogen-bond acceptors (Lipinski definition) is 4. The first kappa shape index (κ1) is 22.7. The molecule has 0 radical (unpaired) electrons. The Kier molecular flexibility index (Phi) is 7.49. The minimum Gasteiger partial charge on any atom is -0.337 e. The largest absolute Gasteiger partial charge is 0.337 e. The van der Waals surface area contributed by atoms with Crippen LogP contribution < -0.4 is 10.6 Å². The lowest BCUT2D eigenvalue weighted by molar-refractivity contribution is 0.215. The SMILES string of the molecule is CCCS(=O)(=O)N1CCC(CNC(=O)Nc2ccc(Br)cc2)(c2ccccn2)CC1. The minimum atomic E-state index is -3.23. The zero-order valence-electron chi connectivity index (χ0n) is 17.0. The van der Waals surface area contributed by atoms with Crippen molar-refractivity contribution in [1.29, 1.82) is 0 Å². The number of anilines is 1. The molecule has 0 unspecified atom stereocenters. The molecule has 1 aromatic carbocycles. The molecule has 1 aromatic heterocycles. The zero-order chi connectivity index (χ0) is 21.6. The number of halogens is 1. The van der Waals surface area contributed by atoms with Gasteiger partial charge in [-0.15, -0.1) is 0 Å². The van der Waals surface area contributed by atoms with E-state index in [2.05, 4.69) is 31.5 Å². The number of pyridine rings is 1. The number of nitrogens with one attached hydrogen (secondary N) is 2. The van der Waals surface area contributed by atoms with Gasteiger partial charge in [-0.1, -0.05) is 28.9 Å². The number of rotatable bonds is 7. The molecular weight excluding hydrogens is 468 g/mol. The van der Waals surface area contributed by atoms with E-state index in [0.29, 0.717) is 44.6 Å². The summed E-state index contributed by atoms with van der Waals surface area (Å²) in [5, 5.41) is 5.79. The first-order valence-electron chi connectivity index (χ1n) is 10.0. The molecule has 0 saturated carbocycles. The Morgan fingerprint density at radius 2 is 1.87 bits per heavy atom. The van der Waals surface area contributed by atoms with E-state index in [1.165, 1.54) is 0 Å². The van der Waals surface area contributed by atoms with Crippen LogP contribution in [0.15, 0.2) is 53.1 Å². The van der Waals surface area contributed by atoms with E-state index >= 15 is 0 Å². The van der Waals surface area contributed by atoms with Crippen molar-refractivity contribution in [2.75, 3.05) is 30.7 Å². The summed E-state index contributed by atoms with van der Waals surface area (Å²) in [6, 6.07) is 12.8. The smallest absolute Gasteiger partial charge is 0.319 e. The van der Waals surface area contributed by atoms with Crippen LogP contribution in [-0.2, 0) is 15.4 Å². The number of aromatic nitrogens is 1. The molecule has 0 aliphatic carbocycles. The van der Waals surface area contributed by atoms with Gasteiger partial charge in [0.2, 0.25) is 10.0 Å². The highest BCUT2D eigenvalue weighted by molar-refractivity contribution is 9.10. The highest BCUT2D eigenvalue weighted by Gasteiger charge is 2.40. The van der Waals surface area contributed by atoms with Crippen molar-refractivity contribution in [1.82, 2.24) is 14.6 Å². The Balaban J connectivity index is 1.70. The van der Waals surface area contributed by atoms with E-state index in [1.807, 2.05) is 49.4 Å². The van der Waals surface area contributed by atoms with Crippen LogP contribution >= 0.6 is 15.9 Å². The lowest BCUT2D eigenvalue weighted by Crippen LogP contribution is -2.51. The third kappa shape index (κ3) is 5.59. The lowest BCUT2D eigenvalue weighted by Gasteiger charge is -2.41. The van der Waals surface area contributed by atoms with Gasteiger partial charge in [-0.25, -0.2) is 17.5 Å². The van der Waals surface area contributed by atoms with Gasteiger partial charge >= 0.3 is 6.03 Å². The van der Waals surface area contributed by atoms with Crippen molar-refractivity contribution in [3.05, 3.63) is 58.8 Å².